The van der Waals surface area contributed by atoms with Gasteiger partial charge in [-0.3, -0.25) is 19.2 Å². The summed E-state index contributed by atoms with van der Waals surface area (Å²) in [6.07, 6.45) is 3.74. The number of rotatable bonds is 16. The van der Waals surface area contributed by atoms with E-state index in [1.165, 1.54) is 19.4 Å². The standard InChI is InChI=1S/C20H34N8O6/c1-11(22)17(30)28-15(8-12-9-24-10-25-12)19(32)26-13(4-2-3-7-21)18(31)27-14(20(33)34)5-6-16(23)29/h9-11,13-15H,2-8,21-22H2,1H3,(H2,23,29)(H,24,25)(H,26,32)(H,27,31)(H,28,30)(H,33,34). The first kappa shape index (κ1) is 28.5. The van der Waals surface area contributed by atoms with Crippen LogP contribution in [-0.2, 0) is 30.4 Å². The zero-order valence-corrected chi connectivity index (χ0v) is 19.1. The highest BCUT2D eigenvalue weighted by Gasteiger charge is 2.30. The minimum absolute atomic E-state index is 0.0534. The number of hydrogen-bond acceptors (Lipinski definition) is 8. The molecule has 1 aromatic heterocycles. The highest BCUT2D eigenvalue weighted by Crippen LogP contribution is 2.06. The lowest BCUT2D eigenvalue weighted by Crippen LogP contribution is -2.57. The maximum absolute atomic E-state index is 13.0. The van der Waals surface area contributed by atoms with Crippen molar-refractivity contribution in [3.8, 4) is 0 Å². The molecule has 0 saturated heterocycles. The average molecular weight is 483 g/mol. The lowest BCUT2D eigenvalue weighted by Gasteiger charge is -2.25. The topological polar surface area (TPSA) is 248 Å². The number of nitrogens with zero attached hydrogens (tertiary/aromatic N) is 1. The molecule has 4 amide bonds. The van der Waals surface area contributed by atoms with Gasteiger partial charge in [0, 0.05) is 24.7 Å². The molecule has 0 aliphatic carbocycles. The number of nitrogens with one attached hydrogen (secondary N) is 4. The van der Waals surface area contributed by atoms with E-state index in [0.29, 0.717) is 25.1 Å². The van der Waals surface area contributed by atoms with Gasteiger partial charge in [-0.25, -0.2) is 9.78 Å². The molecule has 0 bridgehead atoms. The van der Waals surface area contributed by atoms with E-state index in [1.807, 2.05) is 0 Å². The molecule has 0 saturated carbocycles. The van der Waals surface area contributed by atoms with Gasteiger partial charge in [0.15, 0.2) is 0 Å². The summed E-state index contributed by atoms with van der Waals surface area (Å²) in [4.78, 5) is 67.2. The Morgan fingerprint density at radius 1 is 1.00 bits per heavy atom. The van der Waals surface area contributed by atoms with Gasteiger partial charge in [0.1, 0.15) is 18.1 Å². The molecule has 4 unspecified atom stereocenters. The normalized spacial score (nSPS) is 14.3. The Morgan fingerprint density at radius 3 is 2.15 bits per heavy atom. The quantitative estimate of drug-likeness (QED) is 0.113. The monoisotopic (exact) mass is 482 g/mol. The van der Waals surface area contributed by atoms with Gasteiger partial charge in [-0.15, -0.1) is 0 Å². The SMILES string of the molecule is CC(N)C(=O)NC(Cc1cnc[nH]1)C(=O)NC(CCCCN)C(=O)NC(CCC(N)=O)C(=O)O. The molecule has 0 spiro atoms. The van der Waals surface area contributed by atoms with Crippen molar-refractivity contribution in [2.24, 2.45) is 17.2 Å². The molecule has 1 aromatic rings. The zero-order valence-electron chi connectivity index (χ0n) is 19.1. The fourth-order valence-electron chi connectivity index (χ4n) is 2.98. The fourth-order valence-corrected chi connectivity index (χ4v) is 2.98. The first-order chi connectivity index (χ1) is 16.0. The predicted molar refractivity (Wildman–Crippen MR) is 121 cm³/mol. The molecule has 0 aliphatic rings. The molecule has 190 valence electrons. The van der Waals surface area contributed by atoms with Crippen LogP contribution in [0.3, 0.4) is 0 Å². The first-order valence-corrected chi connectivity index (χ1v) is 10.9. The third kappa shape index (κ3) is 10.4. The molecule has 14 nitrogen and oxygen atoms in total. The van der Waals surface area contributed by atoms with Crippen molar-refractivity contribution in [3.05, 3.63) is 18.2 Å². The van der Waals surface area contributed by atoms with Crippen LogP contribution in [0.4, 0.5) is 0 Å². The van der Waals surface area contributed by atoms with Crippen LogP contribution in [0.1, 0.15) is 44.7 Å². The lowest BCUT2D eigenvalue weighted by molar-refractivity contribution is -0.142. The largest absolute Gasteiger partial charge is 0.480 e. The number of nitrogens with two attached hydrogens (primary N) is 3. The van der Waals surface area contributed by atoms with E-state index in [9.17, 15) is 29.1 Å². The molecule has 0 aromatic carbocycles. The van der Waals surface area contributed by atoms with Crippen LogP contribution in [-0.4, -0.2) is 75.4 Å². The van der Waals surface area contributed by atoms with Gasteiger partial charge in [-0.05, 0) is 39.2 Å². The molecule has 34 heavy (non-hydrogen) atoms. The van der Waals surface area contributed by atoms with Crippen LogP contribution in [0.25, 0.3) is 0 Å². The number of carbonyl (C=O) groups excluding carboxylic acids is 4. The molecule has 14 heteroatoms. The number of H-pyrrole nitrogens is 1. The second-order valence-corrected chi connectivity index (χ2v) is 7.88. The van der Waals surface area contributed by atoms with Crippen molar-refractivity contribution < 1.29 is 29.1 Å². The second-order valence-electron chi connectivity index (χ2n) is 7.88. The van der Waals surface area contributed by atoms with Gasteiger partial charge in [0.25, 0.3) is 0 Å². The second kappa shape index (κ2) is 14.6. The van der Waals surface area contributed by atoms with Crippen LogP contribution in [0.2, 0.25) is 0 Å². The maximum atomic E-state index is 13.0. The van der Waals surface area contributed by atoms with E-state index in [4.69, 9.17) is 17.2 Å². The van der Waals surface area contributed by atoms with E-state index in [0.717, 1.165) is 0 Å². The number of carbonyl (C=O) groups is 5. The van der Waals surface area contributed by atoms with Crippen molar-refractivity contribution in [2.75, 3.05) is 6.54 Å². The molecule has 0 fully saturated rings. The number of aliphatic carboxylic acids is 1. The molecule has 0 radical (unpaired) electrons. The average Bonchev–Trinajstić information content (AvgIpc) is 3.27. The molecule has 11 N–H and O–H groups in total. The Bertz CT molecular complexity index is 829. The van der Waals surface area contributed by atoms with Crippen molar-refractivity contribution in [1.82, 2.24) is 25.9 Å². The Balaban J connectivity index is 2.99. The molecule has 4 atom stereocenters. The Kier molecular flexibility index (Phi) is 12.2. The van der Waals surface area contributed by atoms with Crippen LogP contribution in [0.15, 0.2) is 12.5 Å². The van der Waals surface area contributed by atoms with Gasteiger partial charge < -0.3 is 43.2 Å². The number of imidazole rings is 1. The van der Waals surface area contributed by atoms with Gasteiger partial charge >= 0.3 is 5.97 Å². The highest BCUT2D eigenvalue weighted by atomic mass is 16.4. The summed E-state index contributed by atoms with van der Waals surface area (Å²) in [6.45, 7) is 1.83. The predicted octanol–water partition coefficient (Wildman–Crippen LogP) is -2.77. The zero-order chi connectivity index (χ0) is 25.7. The number of unbranched alkanes of at least 4 members (excludes halogenated alkanes) is 1. The number of carboxylic acids is 1. The van der Waals surface area contributed by atoms with Crippen LogP contribution >= 0.6 is 0 Å². The first-order valence-electron chi connectivity index (χ1n) is 10.9. The smallest absolute Gasteiger partial charge is 0.326 e. The maximum Gasteiger partial charge on any atom is 0.326 e. The minimum atomic E-state index is -1.37. The van der Waals surface area contributed by atoms with E-state index in [2.05, 4.69) is 25.9 Å². The van der Waals surface area contributed by atoms with E-state index >= 15 is 0 Å². The van der Waals surface area contributed by atoms with E-state index < -0.39 is 53.8 Å². The number of aromatic amines is 1. The number of amides is 4. The van der Waals surface area contributed by atoms with Gasteiger partial charge in [-0.1, -0.05) is 0 Å². The van der Waals surface area contributed by atoms with Gasteiger partial charge in [0.2, 0.25) is 23.6 Å². The number of hydrogen-bond donors (Lipinski definition) is 8. The lowest BCUT2D eigenvalue weighted by atomic mass is 10.0. The van der Waals surface area contributed by atoms with Crippen molar-refractivity contribution >= 4 is 29.6 Å². The fraction of sp³-hybridized carbons (Fsp3) is 0.600. The van der Waals surface area contributed by atoms with Gasteiger partial charge in [0.05, 0.1) is 12.4 Å². The molecule has 1 heterocycles. The summed E-state index contributed by atoms with van der Waals surface area (Å²) in [7, 11) is 0. The van der Waals surface area contributed by atoms with Crippen LogP contribution in [0, 0.1) is 0 Å². The Labute approximate surface area is 196 Å². The van der Waals surface area contributed by atoms with Crippen molar-refractivity contribution in [2.45, 2.75) is 69.6 Å². The third-order valence-corrected chi connectivity index (χ3v) is 4.90. The molecular formula is C20H34N8O6. The van der Waals surface area contributed by atoms with E-state index in [-0.39, 0.29) is 25.7 Å². The molecular weight excluding hydrogens is 448 g/mol. The minimum Gasteiger partial charge on any atom is -0.480 e. The summed E-state index contributed by atoms with van der Waals surface area (Å²) in [6, 6.07) is -4.42. The summed E-state index contributed by atoms with van der Waals surface area (Å²) in [5.41, 5.74) is 16.7. The number of aromatic nitrogens is 2. The molecule has 1 rings (SSSR count). The van der Waals surface area contributed by atoms with Crippen LogP contribution in [0.5, 0.6) is 0 Å². The van der Waals surface area contributed by atoms with E-state index in [1.54, 1.807) is 0 Å². The Morgan fingerprint density at radius 2 is 1.62 bits per heavy atom. The van der Waals surface area contributed by atoms with Crippen LogP contribution < -0.4 is 33.2 Å². The van der Waals surface area contributed by atoms with Crippen molar-refractivity contribution in [1.29, 1.82) is 0 Å². The van der Waals surface area contributed by atoms with Crippen molar-refractivity contribution in [3.63, 3.8) is 0 Å². The number of carboxylic acid groups (broad SMARTS) is 1. The number of primary amides is 1. The highest BCUT2D eigenvalue weighted by molar-refractivity contribution is 5.94. The Hall–Kier alpha value is -3.52. The summed E-state index contributed by atoms with van der Waals surface area (Å²) >= 11 is 0. The summed E-state index contributed by atoms with van der Waals surface area (Å²) < 4.78 is 0. The third-order valence-electron chi connectivity index (χ3n) is 4.90. The molecule has 0 aliphatic heterocycles. The summed E-state index contributed by atoms with van der Waals surface area (Å²) in [5, 5.41) is 16.8. The van der Waals surface area contributed by atoms with Gasteiger partial charge in [-0.2, -0.15) is 0 Å². The summed E-state index contributed by atoms with van der Waals surface area (Å²) in [5.74, 6) is -4.04.